The van der Waals surface area contributed by atoms with Gasteiger partial charge in [-0.15, -0.1) is 0 Å². The van der Waals surface area contributed by atoms with E-state index in [9.17, 15) is 4.79 Å². The highest BCUT2D eigenvalue weighted by molar-refractivity contribution is 5.90. The lowest BCUT2D eigenvalue weighted by Gasteiger charge is -2.14. The van der Waals surface area contributed by atoms with E-state index in [0.29, 0.717) is 5.92 Å². The minimum absolute atomic E-state index is 0.0920. The summed E-state index contributed by atoms with van der Waals surface area (Å²) in [5.41, 5.74) is 3.68. The lowest BCUT2D eigenvalue weighted by molar-refractivity contribution is 0.976. The zero-order valence-corrected chi connectivity index (χ0v) is 13.1. The second kappa shape index (κ2) is 5.03. The molecule has 0 saturated heterocycles. The van der Waals surface area contributed by atoms with E-state index in [1.807, 2.05) is 53.1 Å². The fraction of sp³-hybridized carbons (Fsp3) is 0.143. The summed E-state index contributed by atoms with van der Waals surface area (Å²) in [4.78, 5) is 17.8. The van der Waals surface area contributed by atoms with Crippen molar-refractivity contribution >= 4 is 21.8 Å². The molecule has 0 radical (unpaired) electrons. The quantitative estimate of drug-likeness (QED) is 0.549. The van der Waals surface area contributed by atoms with Crippen LogP contribution >= 0.6 is 0 Å². The van der Waals surface area contributed by atoms with Gasteiger partial charge in [0, 0.05) is 17.1 Å². The number of rotatable bonds is 2. The average Bonchev–Trinajstić information content (AvgIpc) is 3.46. The van der Waals surface area contributed by atoms with Gasteiger partial charge in [-0.1, -0.05) is 36.4 Å². The Kier molecular flexibility index (Phi) is 2.83. The molecular weight excluding hydrogens is 296 g/mol. The van der Waals surface area contributed by atoms with E-state index in [-0.39, 0.29) is 5.56 Å². The molecule has 1 fully saturated rings. The molecule has 116 valence electrons. The lowest BCUT2D eigenvalue weighted by atomic mass is 10.1. The maximum absolute atomic E-state index is 13.2. The molecule has 3 heteroatoms. The normalized spacial score (nSPS) is 14.3. The maximum Gasteiger partial charge on any atom is 0.259 e. The van der Waals surface area contributed by atoms with Crippen molar-refractivity contribution in [3.8, 4) is 5.69 Å². The Bertz CT molecular complexity index is 1130. The highest BCUT2D eigenvalue weighted by atomic mass is 16.1. The molecule has 2 aromatic carbocycles. The van der Waals surface area contributed by atoms with Crippen molar-refractivity contribution in [3.05, 3.63) is 82.8 Å². The number of nitrogens with zero attached hydrogens (tertiary/aromatic N) is 2. The Morgan fingerprint density at radius 3 is 2.58 bits per heavy atom. The fourth-order valence-electron chi connectivity index (χ4n) is 3.48. The minimum Gasteiger partial charge on any atom is -0.274 e. The lowest BCUT2D eigenvalue weighted by Crippen LogP contribution is -2.22. The van der Waals surface area contributed by atoms with E-state index in [4.69, 9.17) is 0 Å². The molecule has 1 saturated carbocycles. The Morgan fingerprint density at radius 1 is 0.917 bits per heavy atom. The number of para-hydroxylation sites is 2. The number of benzene rings is 2. The number of hydrogen-bond acceptors (Lipinski definition) is 2. The highest BCUT2D eigenvalue weighted by Gasteiger charge is 2.28. The van der Waals surface area contributed by atoms with Crippen LogP contribution in [0.5, 0.6) is 0 Å². The van der Waals surface area contributed by atoms with Crippen molar-refractivity contribution in [2.75, 3.05) is 0 Å². The molecule has 1 aliphatic carbocycles. The van der Waals surface area contributed by atoms with E-state index in [1.165, 1.54) is 0 Å². The third-order valence-electron chi connectivity index (χ3n) is 4.81. The first-order chi connectivity index (χ1) is 11.8. The summed E-state index contributed by atoms with van der Waals surface area (Å²) in [6.45, 7) is 0. The molecule has 0 amide bonds. The highest BCUT2D eigenvalue weighted by Crippen LogP contribution is 2.39. The van der Waals surface area contributed by atoms with Gasteiger partial charge in [-0.05, 0) is 48.4 Å². The van der Waals surface area contributed by atoms with Crippen LogP contribution in [0.2, 0.25) is 0 Å². The molecule has 0 N–H and O–H groups in total. The predicted octanol–water partition coefficient (Wildman–Crippen LogP) is 4.42. The Labute approximate surface area is 139 Å². The first kappa shape index (κ1) is 13.5. The predicted molar refractivity (Wildman–Crippen MR) is 96.8 cm³/mol. The summed E-state index contributed by atoms with van der Waals surface area (Å²) in [5, 5.41) is 2.15. The van der Waals surface area contributed by atoms with E-state index < -0.39 is 0 Å². The summed E-state index contributed by atoms with van der Waals surface area (Å²) in [6.07, 6.45) is 4.01. The van der Waals surface area contributed by atoms with Gasteiger partial charge in [-0.3, -0.25) is 14.3 Å². The minimum atomic E-state index is 0.0920. The van der Waals surface area contributed by atoms with Gasteiger partial charge in [0.15, 0.2) is 0 Å². The number of aromatic nitrogens is 2. The van der Waals surface area contributed by atoms with Crippen LogP contribution in [-0.2, 0) is 0 Å². The van der Waals surface area contributed by atoms with Gasteiger partial charge < -0.3 is 0 Å². The van der Waals surface area contributed by atoms with Crippen LogP contribution < -0.4 is 5.56 Å². The Balaban J connectivity index is 1.95. The van der Waals surface area contributed by atoms with Crippen LogP contribution in [0, 0.1) is 0 Å². The van der Waals surface area contributed by atoms with Crippen LogP contribution in [0.1, 0.15) is 24.3 Å². The Hall–Kier alpha value is -2.94. The second-order valence-corrected chi connectivity index (χ2v) is 6.43. The molecule has 3 nitrogen and oxygen atoms in total. The third kappa shape index (κ3) is 1.98. The van der Waals surface area contributed by atoms with E-state index in [0.717, 1.165) is 45.9 Å². The zero-order chi connectivity index (χ0) is 16.1. The molecule has 5 rings (SSSR count). The topological polar surface area (TPSA) is 34.9 Å². The molecule has 24 heavy (non-hydrogen) atoms. The van der Waals surface area contributed by atoms with Gasteiger partial charge in [0.2, 0.25) is 0 Å². The van der Waals surface area contributed by atoms with Gasteiger partial charge in [0.1, 0.15) is 0 Å². The first-order valence-corrected chi connectivity index (χ1v) is 8.32. The van der Waals surface area contributed by atoms with Gasteiger partial charge >= 0.3 is 0 Å². The summed E-state index contributed by atoms with van der Waals surface area (Å²) < 4.78 is 1.85. The molecule has 2 heterocycles. The molecule has 0 spiro atoms. The van der Waals surface area contributed by atoms with Crippen molar-refractivity contribution in [1.82, 2.24) is 9.55 Å². The van der Waals surface area contributed by atoms with Gasteiger partial charge in [-0.2, -0.15) is 0 Å². The van der Waals surface area contributed by atoms with Gasteiger partial charge in [0.05, 0.1) is 16.7 Å². The van der Waals surface area contributed by atoms with Crippen molar-refractivity contribution in [2.45, 2.75) is 18.8 Å². The molecule has 0 bridgehead atoms. The van der Waals surface area contributed by atoms with Crippen molar-refractivity contribution in [2.24, 2.45) is 0 Å². The van der Waals surface area contributed by atoms with Crippen LogP contribution in [0.25, 0.3) is 27.5 Å². The second-order valence-electron chi connectivity index (χ2n) is 6.43. The van der Waals surface area contributed by atoms with Crippen LogP contribution in [0.4, 0.5) is 0 Å². The molecule has 2 aromatic heterocycles. The number of pyridine rings is 2. The Morgan fingerprint density at radius 2 is 1.71 bits per heavy atom. The maximum atomic E-state index is 13.2. The standard InChI is InChI=1S/C21H16N2O/c24-21-17(14-10-11-14)13-16-5-1-2-8-18(16)23(21)19-9-3-6-15-7-4-12-22-20(15)19/h1-9,12-14H,10-11H2. The molecule has 0 unspecified atom stereocenters. The van der Waals surface area contributed by atoms with Gasteiger partial charge in [-0.25, -0.2) is 0 Å². The number of fused-ring (bicyclic) bond motifs is 2. The van der Waals surface area contributed by atoms with E-state index >= 15 is 0 Å². The molecule has 1 aliphatic rings. The summed E-state index contributed by atoms with van der Waals surface area (Å²) in [7, 11) is 0. The smallest absolute Gasteiger partial charge is 0.259 e. The van der Waals surface area contributed by atoms with Crippen LogP contribution in [-0.4, -0.2) is 9.55 Å². The van der Waals surface area contributed by atoms with E-state index in [2.05, 4.69) is 17.1 Å². The average molecular weight is 312 g/mol. The van der Waals surface area contributed by atoms with E-state index in [1.54, 1.807) is 6.20 Å². The first-order valence-electron chi connectivity index (χ1n) is 8.32. The summed E-state index contributed by atoms with van der Waals surface area (Å²) >= 11 is 0. The molecule has 4 aromatic rings. The van der Waals surface area contributed by atoms with Gasteiger partial charge in [0.25, 0.3) is 5.56 Å². The van der Waals surface area contributed by atoms with Crippen molar-refractivity contribution in [1.29, 1.82) is 0 Å². The fourth-order valence-corrected chi connectivity index (χ4v) is 3.48. The van der Waals surface area contributed by atoms with Crippen LogP contribution in [0.15, 0.2) is 71.7 Å². The number of hydrogen-bond donors (Lipinski definition) is 0. The summed E-state index contributed by atoms with van der Waals surface area (Å²) in [5.74, 6) is 0.413. The van der Waals surface area contributed by atoms with Crippen molar-refractivity contribution in [3.63, 3.8) is 0 Å². The largest absolute Gasteiger partial charge is 0.274 e. The summed E-state index contributed by atoms with van der Waals surface area (Å²) in [6, 6.07) is 20.1. The van der Waals surface area contributed by atoms with Crippen molar-refractivity contribution < 1.29 is 0 Å². The molecule has 0 aliphatic heterocycles. The van der Waals surface area contributed by atoms with Crippen LogP contribution in [0.3, 0.4) is 0 Å². The molecular formula is C21H16N2O. The monoisotopic (exact) mass is 312 g/mol. The SMILES string of the molecule is O=c1c(C2CC2)cc2ccccc2n1-c1cccc2cccnc12. The third-order valence-corrected chi connectivity index (χ3v) is 4.81. The zero-order valence-electron chi connectivity index (χ0n) is 13.1. The molecule has 0 atom stereocenters.